The third-order valence-electron chi connectivity index (χ3n) is 6.30. The Bertz CT molecular complexity index is 790. The van der Waals surface area contributed by atoms with Crippen molar-refractivity contribution in [2.75, 3.05) is 0 Å². The van der Waals surface area contributed by atoms with E-state index in [2.05, 4.69) is 13.8 Å². The Kier molecular flexibility index (Phi) is 13.0. The second-order valence-electron chi connectivity index (χ2n) is 8.32. The van der Waals surface area contributed by atoms with Gasteiger partial charge in [-0.25, -0.2) is 0 Å². The Morgan fingerprint density at radius 2 is 1.29 bits per heavy atom. The van der Waals surface area contributed by atoms with Crippen LogP contribution in [0.25, 0.3) is 0 Å². The maximum atomic E-state index is 6.57. The molecule has 0 radical (unpaired) electrons. The van der Waals surface area contributed by atoms with Crippen LogP contribution < -0.4 is 0 Å². The largest absolute Gasteiger partial charge is 0.425 e. The number of fused-ring (bicyclic) bond motifs is 5. The van der Waals surface area contributed by atoms with E-state index in [0.29, 0.717) is 5.54 Å². The van der Waals surface area contributed by atoms with Crippen molar-refractivity contribution in [1.29, 1.82) is 0 Å². The minimum atomic E-state index is -1.61. The molecule has 35 heavy (non-hydrogen) atoms. The number of alkyl halides is 5. The topological polar surface area (TPSA) is 64.6 Å². The average Bonchev–Trinajstić information content (AvgIpc) is 3.32. The molecule has 3 aliphatic carbocycles. The van der Waals surface area contributed by atoms with Gasteiger partial charge >= 0.3 is 9.28 Å². The van der Waals surface area contributed by atoms with Crippen LogP contribution in [0.15, 0.2) is 22.2 Å². The van der Waals surface area contributed by atoms with Crippen molar-refractivity contribution in [2.45, 2.75) is 45.3 Å². The molecule has 1 saturated heterocycles. The average molecular weight is 752 g/mol. The molecule has 0 spiro atoms. The Morgan fingerprint density at radius 3 is 1.77 bits per heavy atom. The van der Waals surface area contributed by atoms with Crippen LogP contribution in [0.2, 0.25) is 5.54 Å². The van der Waals surface area contributed by atoms with E-state index in [9.17, 15) is 0 Å². The summed E-state index contributed by atoms with van der Waals surface area (Å²) in [5.74, 6) is -0.470. The lowest BCUT2D eigenvalue weighted by molar-refractivity contribution is 0.329. The molecule has 4 aliphatic rings. The van der Waals surface area contributed by atoms with Gasteiger partial charge < -0.3 is 28.8 Å². The molecule has 7 nitrogen and oxygen atoms in total. The Morgan fingerprint density at radius 1 is 0.829 bits per heavy atom. The molecule has 0 aromatic rings. The van der Waals surface area contributed by atoms with Crippen LogP contribution in [0.3, 0.4) is 0 Å². The van der Waals surface area contributed by atoms with Gasteiger partial charge in [-0.1, -0.05) is 78.8 Å². The van der Waals surface area contributed by atoms with E-state index in [-0.39, 0.29) is 27.3 Å². The molecule has 6 unspecified atom stereocenters. The van der Waals surface area contributed by atoms with Gasteiger partial charge in [0, 0.05) is 11.8 Å². The van der Waals surface area contributed by atoms with Crippen LogP contribution >= 0.6 is 81.2 Å². The molecule has 0 aromatic carbocycles. The van der Waals surface area contributed by atoms with E-state index in [1.54, 1.807) is 0 Å². The molecule has 0 amide bonds. The first kappa shape index (κ1) is 32.3. The van der Waals surface area contributed by atoms with Crippen LogP contribution in [0.5, 0.6) is 0 Å². The fraction of sp³-hybridized carbons (Fsp3) is 0.714. The van der Waals surface area contributed by atoms with Gasteiger partial charge in [0.15, 0.2) is 4.33 Å². The summed E-state index contributed by atoms with van der Waals surface area (Å²) in [7, 11) is -6.99. The lowest BCUT2D eigenvalue weighted by atomic mass is 9.84. The minimum absolute atomic E-state index is 0.205. The van der Waals surface area contributed by atoms with Gasteiger partial charge in [0.25, 0.3) is 60.0 Å². The standard InChI is InChI=1S/C10H5Cl7.C4H22O7Si7/c11-4-2-1-3-5(4)9(15)7(13)6(12)8(3,14)10(9,16)17;1-3-4(2)18-10-16-8-14-6-12-5-13-7-15-9-17-11-18/h1-5H;4,18H,3,12-17H2,1-2H3. The summed E-state index contributed by atoms with van der Waals surface area (Å²) in [6, 6.07) is 0. The lowest BCUT2D eigenvalue weighted by Crippen LogP contribution is -2.45. The SMILES string of the molecule is CCC(C)[SiH]1O[SiH2]O[SiH2]O[SiH2]O[SiH2]O[SiH2]O[SiH2]O1.ClC1=C(Cl)C2(Cl)C3C(Cl)C=CC3C1(Cl)C2(Cl)Cl. The van der Waals surface area contributed by atoms with Gasteiger partial charge in [-0.15, -0.1) is 34.8 Å². The number of hydrogen-bond acceptors (Lipinski definition) is 7. The predicted molar refractivity (Wildman–Crippen MR) is 162 cm³/mol. The quantitative estimate of drug-likeness (QED) is 0.230. The molecule has 1 aliphatic heterocycles. The molecule has 0 aromatic heterocycles. The van der Waals surface area contributed by atoms with Crippen LogP contribution in [0, 0.1) is 11.8 Å². The van der Waals surface area contributed by atoms with Gasteiger partial charge in [-0.3, -0.25) is 0 Å². The molecular weight excluding hydrogens is 725 g/mol. The predicted octanol–water partition coefficient (Wildman–Crippen LogP) is 0.371. The fourth-order valence-corrected chi connectivity index (χ4v) is 23.1. The third kappa shape index (κ3) is 6.33. The molecule has 21 heteroatoms. The first-order chi connectivity index (χ1) is 16.5. The summed E-state index contributed by atoms with van der Waals surface area (Å²) in [4.78, 5) is -2.45. The monoisotopic (exact) mass is 748 g/mol. The van der Waals surface area contributed by atoms with E-state index in [4.69, 9.17) is 110 Å². The van der Waals surface area contributed by atoms with Crippen molar-refractivity contribution in [3.8, 4) is 0 Å². The molecule has 202 valence electrons. The Labute approximate surface area is 256 Å². The van der Waals surface area contributed by atoms with Crippen LogP contribution in [-0.4, -0.2) is 88.8 Å². The van der Waals surface area contributed by atoms with Gasteiger partial charge in [0.1, 0.15) is 9.75 Å². The molecular formula is C14H27Cl7O7Si7. The van der Waals surface area contributed by atoms with Gasteiger partial charge in [0.05, 0.1) is 15.4 Å². The molecule has 0 N–H and O–H groups in total. The fourth-order valence-electron chi connectivity index (χ4n) is 4.29. The first-order valence-corrected chi connectivity index (χ1v) is 22.0. The molecule has 4 rings (SSSR count). The van der Waals surface area contributed by atoms with Crippen molar-refractivity contribution in [1.82, 2.24) is 0 Å². The van der Waals surface area contributed by atoms with Crippen molar-refractivity contribution < 1.29 is 28.8 Å². The van der Waals surface area contributed by atoms with Crippen molar-refractivity contribution >= 4 is 151 Å². The molecule has 2 bridgehead atoms. The maximum absolute atomic E-state index is 6.57. The highest BCUT2D eigenvalue weighted by atomic mass is 35.5. The number of halogens is 7. The van der Waals surface area contributed by atoms with Gasteiger partial charge in [-0.2, -0.15) is 0 Å². The van der Waals surface area contributed by atoms with E-state index in [1.165, 1.54) is 0 Å². The van der Waals surface area contributed by atoms with Gasteiger partial charge in [0.2, 0.25) is 0 Å². The van der Waals surface area contributed by atoms with E-state index >= 15 is 0 Å². The summed E-state index contributed by atoms with van der Waals surface area (Å²) in [5, 5.41) is 0.113. The summed E-state index contributed by atoms with van der Waals surface area (Å²) in [6.07, 6.45) is 4.77. The zero-order chi connectivity index (χ0) is 25.9. The highest BCUT2D eigenvalue weighted by Crippen LogP contribution is 2.78. The number of rotatable bonds is 2. The van der Waals surface area contributed by atoms with Crippen molar-refractivity contribution in [3.05, 3.63) is 22.2 Å². The van der Waals surface area contributed by atoms with Crippen molar-refractivity contribution in [2.24, 2.45) is 11.8 Å². The molecule has 6 atom stereocenters. The molecule has 1 heterocycles. The first-order valence-electron chi connectivity index (χ1n) is 10.8. The Hall–Kier alpha value is 2.75. The van der Waals surface area contributed by atoms with Crippen LogP contribution in [0.1, 0.15) is 20.3 Å². The summed E-state index contributed by atoms with van der Waals surface area (Å²) >= 11 is 44.5. The zero-order valence-electron chi connectivity index (χ0n) is 19.0. The second-order valence-corrected chi connectivity index (χ2v) is 26.2. The van der Waals surface area contributed by atoms with Crippen molar-refractivity contribution in [3.63, 3.8) is 0 Å². The van der Waals surface area contributed by atoms with E-state index < -0.39 is 83.4 Å². The minimum Gasteiger partial charge on any atom is -0.425 e. The maximum Gasteiger partial charge on any atom is 0.305 e. The van der Waals surface area contributed by atoms with Crippen LogP contribution in [-0.2, 0) is 28.8 Å². The normalized spacial score (nSPS) is 44.7. The summed E-state index contributed by atoms with van der Waals surface area (Å²) < 4.78 is 37.4. The van der Waals surface area contributed by atoms with Crippen LogP contribution in [0.4, 0.5) is 0 Å². The third-order valence-corrected chi connectivity index (χ3v) is 22.8. The smallest absolute Gasteiger partial charge is 0.305 e. The summed E-state index contributed by atoms with van der Waals surface area (Å²) in [6.45, 7) is 4.34. The lowest BCUT2D eigenvalue weighted by Gasteiger charge is -2.34. The second kappa shape index (κ2) is 14.1. The van der Waals surface area contributed by atoms with E-state index in [0.717, 1.165) is 6.42 Å². The zero-order valence-corrected chi connectivity index (χ0v) is 33.9. The highest BCUT2D eigenvalue weighted by molar-refractivity contribution is 6.66. The highest BCUT2D eigenvalue weighted by Gasteiger charge is 2.83. The number of allylic oxidation sites excluding steroid dienone is 4. The molecule has 1 saturated carbocycles. The van der Waals surface area contributed by atoms with E-state index in [1.807, 2.05) is 12.2 Å². The summed E-state index contributed by atoms with van der Waals surface area (Å²) in [5.41, 5.74) is 0.502. The number of hydrogen-bond donors (Lipinski definition) is 0. The Balaban J connectivity index is 0.000000196. The van der Waals surface area contributed by atoms with Gasteiger partial charge in [-0.05, 0) is 5.54 Å². The molecule has 2 fully saturated rings.